The van der Waals surface area contributed by atoms with Crippen LogP contribution in [0.5, 0.6) is 0 Å². The van der Waals surface area contributed by atoms with Crippen LogP contribution < -0.4 is 4.72 Å². The predicted octanol–water partition coefficient (Wildman–Crippen LogP) is 0.791. The summed E-state index contributed by atoms with van der Waals surface area (Å²) < 4.78 is 2.49. The van der Waals surface area contributed by atoms with Crippen LogP contribution in [0, 0.1) is 0 Å². The van der Waals surface area contributed by atoms with E-state index in [0.717, 1.165) is 12.2 Å². The lowest BCUT2D eigenvalue weighted by atomic mass is 10.6. The van der Waals surface area contributed by atoms with Crippen LogP contribution in [0.15, 0.2) is 0 Å². The number of hydrogen-bond acceptors (Lipinski definition) is 2. The molecule has 0 aliphatic heterocycles. The summed E-state index contributed by atoms with van der Waals surface area (Å²) in [6.45, 7) is 2.07. The van der Waals surface area contributed by atoms with Gasteiger partial charge >= 0.3 is 0 Å². The van der Waals surface area contributed by atoms with Crippen LogP contribution >= 0.6 is 11.9 Å². The molecule has 0 fully saturated rings. The Bertz CT molecular complexity index is 49.0. The summed E-state index contributed by atoms with van der Waals surface area (Å²) >= 11 is 1.44. The molecule has 0 saturated heterocycles. The Kier molecular flexibility index (Phi) is 5.67. The highest BCUT2D eigenvalue weighted by Crippen LogP contribution is 1.91. The first-order chi connectivity index (χ1) is 3.41. The molecule has 0 rings (SSSR count). The van der Waals surface area contributed by atoms with E-state index in [0.29, 0.717) is 6.41 Å². The number of rotatable bonds is 4. The molecule has 2 nitrogen and oxygen atoms in total. The molecule has 3 heteroatoms. The number of carbonyl (C=O) groups excluding carboxylic acids is 1. The molecule has 7 heavy (non-hydrogen) atoms. The van der Waals surface area contributed by atoms with Crippen LogP contribution in [0.2, 0.25) is 0 Å². The summed E-state index contributed by atoms with van der Waals surface area (Å²) in [5.41, 5.74) is 0. The summed E-state index contributed by atoms with van der Waals surface area (Å²) in [5, 5.41) is 0. The maximum absolute atomic E-state index is 9.55. The second kappa shape index (κ2) is 5.82. The van der Waals surface area contributed by atoms with Crippen molar-refractivity contribution in [2.75, 3.05) is 5.75 Å². The van der Waals surface area contributed by atoms with Gasteiger partial charge in [-0.15, -0.1) is 0 Å². The molecule has 42 valence electrons. The largest absolute Gasteiger partial charge is 0.303 e. The molecule has 0 heterocycles. The van der Waals surface area contributed by atoms with E-state index in [2.05, 4.69) is 11.6 Å². The molecule has 0 aromatic carbocycles. The smallest absolute Gasteiger partial charge is 0.216 e. The maximum atomic E-state index is 9.55. The number of amides is 1. The van der Waals surface area contributed by atoms with Crippen LogP contribution in [-0.4, -0.2) is 12.2 Å². The average Bonchev–Trinajstić information content (AvgIpc) is 1.69. The SMILES string of the molecule is CCCSNC=O. The van der Waals surface area contributed by atoms with E-state index < -0.39 is 0 Å². The fraction of sp³-hybridized carbons (Fsp3) is 0.750. The zero-order valence-corrected chi connectivity index (χ0v) is 5.12. The Labute approximate surface area is 47.8 Å². The molecular weight excluding hydrogens is 110 g/mol. The number of carbonyl (C=O) groups is 1. The van der Waals surface area contributed by atoms with Gasteiger partial charge in [-0.05, 0) is 6.42 Å². The Morgan fingerprint density at radius 1 is 1.86 bits per heavy atom. The monoisotopic (exact) mass is 119 g/mol. The minimum absolute atomic E-state index is 0.695. The van der Waals surface area contributed by atoms with Gasteiger partial charge in [-0.1, -0.05) is 18.9 Å². The molecule has 0 atom stereocenters. The highest BCUT2D eigenvalue weighted by molar-refractivity contribution is 7.97. The van der Waals surface area contributed by atoms with Gasteiger partial charge in [-0.3, -0.25) is 4.79 Å². The van der Waals surface area contributed by atoms with Gasteiger partial charge in [0.1, 0.15) is 0 Å². The zero-order chi connectivity index (χ0) is 5.54. The maximum Gasteiger partial charge on any atom is 0.216 e. The lowest BCUT2D eigenvalue weighted by Crippen LogP contribution is -1.98. The molecule has 0 unspecified atom stereocenters. The lowest BCUT2D eigenvalue weighted by Gasteiger charge is -1.89. The Morgan fingerprint density at radius 3 is 3.00 bits per heavy atom. The lowest BCUT2D eigenvalue weighted by molar-refractivity contribution is -0.107. The molecule has 0 aliphatic carbocycles. The molecule has 0 spiro atoms. The standard InChI is InChI=1S/C4H9NOS/c1-2-3-7-5-4-6/h4H,2-3H2,1H3,(H,5,6). The van der Waals surface area contributed by atoms with Crippen LogP contribution in [0.3, 0.4) is 0 Å². The third kappa shape index (κ3) is 5.82. The van der Waals surface area contributed by atoms with Gasteiger partial charge in [0.25, 0.3) is 0 Å². The molecule has 1 amide bonds. The van der Waals surface area contributed by atoms with Crippen molar-refractivity contribution in [2.24, 2.45) is 0 Å². The van der Waals surface area contributed by atoms with Gasteiger partial charge in [0, 0.05) is 5.75 Å². The Balaban J connectivity index is 2.56. The van der Waals surface area contributed by atoms with Crippen molar-refractivity contribution >= 4 is 18.4 Å². The topological polar surface area (TPSA) is 29.1 Å². The van der Waals surface area contributed by atoms with E-state index >= 15 is 0 Å². The number of nitrogens with one attached hydrogen (secondary N) is 1. The summed E-state index contributed by atoms with van der Waals surface area (Å²) in [6, 6.07) is 0. The first kappa shape index (κ1) is 6.82. The highest BCUT2D eigenvalue weighted by atomic mass is 32.2. The first-order valence-electron chi connectivity index (χ1n) is 2.22. The van der Waals surface area contributed by atoms with Crippen LogP contribution in [-0.2, 0) is 4.79 Å². The molecule has 0 bridgehead atoms. The van der Waals surface area contributed by atoms with Crippen molar-refractivity contribution in [2.45, 2.75) is 13.3 Å². The van der Waals surface area contributed by atoms with Crippen molar-refractivity contribution < 1.29 is 4.79 Å². The molecule has 0 aliphatic rings. The third-order valence-electron chi connectivity index (χ3n) is 0.438. The predicted molar refractivity (Wildman–Crippen MR) is 31.9 cm³/mol. The summed E-state index contributed by atoms with van der Waals surface area (Å²) in [4.78, 5) is 9.55. The van der Waals surface area contributed by atoms with Crippen LogP contribution in [0.25, 0.3) is 0 Å². The fourth-order valence-electron chi connectivity index (χ4n) is 0.195. The van der Waals surface area contributed by atoms with Crippen LogP contribution in [0.1, 0.15) is 13.3 Å². The molecule has 0 radical (unpaired) electrons. The van der Waals surface area contributed by atoms with Crippen molar-refractivity contribution in [1.82, 2.24) is 4.72 Å². The van der Waals surface area contributed by atoms with Crippen molar-refractivity contribution in [3.63, 3.8) is 0 Å². The van der Waals surface area contributed by atoms with E-state index in [1.54, 1.807) is 0 Å². The number of hydrogen-bond donors (Lipinski definition) is 1. The first-order valence-corrected chi connectivity index (χ1v) is 3.21. The summed E-state index contributed by atoms with van der Waals surface area (Å²) in [6.07, 6.45) is 1.80. The van der Waals surface area contributed by atoms with E-state index in [9.17, 15) is 4.79 Å². The van der Waals surface area contributed by atoms with Crippen molar-refractivity contribution in [1.29, 1.82) is 0 Å². The summed E-state index contributed by atoms with van der Waals surface area (Å²) in [7, 11) is 0. The van der Waals surface area contributed by atoms with Gasteiger partial charge in [-0.25, -0.2) is 0 Å². The van der Waals surface area contributed by atoms with Crippen molar-refractivity contribution in [3.05, 3.63) is 0 Å². The molecule has 1 N–H and O–H groups in total. The second-order valence-corrected chi connectivity index (χ2v) is 2.02. The van der Waals surface area contributed by atoms with Gasteiger partial charge < -0.3 is 4.72 Å². The van der Waals surface area contributed by atoms with Crippen LogP contribution in [0.4, 0.5) is 0 Å². The van der Waals surface area contributed by atoms with Gasteiger partial charge in [-0.2, -0.15) is 0 Å². The second-order valence-electron chi connectivity index (χ2n) is 1.08. The normalized spacial score (nSPS) is 8.14. The molecule has 0 aromatic rings. The fourth-order valence-corrected chi connectivity index (χ4v) is 0.585. The van der Waals surface area contributed by atoms with Gasteiger partial charge in [0.15, 0.2) is 0 Å². The van der Waals surface area contributed by atoms with Crippen molar-refractivity contribution in [3.8, 4) is 0 Å². The summed E-state index contributed by atoms with van der Waals surface area (Å²) in [5.74, 6) is 0.999. The minimum atomic E-state index is 0.695. The van der Waals surface area contributed by atoms with Gasteiger partial charge in [0.05, 0.1) is 0 Å². The highest BCUT2D eigenvalue weighted by Gasteiger charge is 1.77. The molecule has 0 saturated carbocycles. The zero-order valence-electron chi connectivity index (χ0n) is 4.31. The average molecular weight is 119 g/mol. The Hall–Kier alpha value is -0.180. The minimum Gasteiger partial charge on any atom is -0.303 e. The Morgan fingerprint density at radius 2 is 2.57 bits per heavy atom. The third-order valence-corrected chi connectivity index (χ3v) is 1.31. The van der Waals surface area contributed by atoms with E-state index in [-0.39, 0.29) is 0 Å². The quantitative estimate of drug-likeness (QED) is 0.337. The molecular formula is C4H9NOS. The van der Waals surface area contributed by atoms with E-state index in [1.165, 1.54) is 11.9 Å². The van der Waals surface area contributed by atoms with E-state index in [1.807, 2.05) is 0 Å². The van der Waals surface area contributed by atoms with E-state index in [4.69, 9.17) is 0 Å². The van der Waals surface area contributed by atoms with Gasteiger partial charge in [0.2, 0.25) is 6.41 Å². The molecule has 0 aromatic heterocycles.